The van der Waals surface area contributed by atoms with Gasteiger partial charge in [-0.05, 0) is 31.5 Å². The van der Waals surface area contributed by atoms with Gasteiger partial charge in [0.15, 0.2) is 0 Å². The number of halogens is 1. The first-order valence-corrected chi connectivity index (χ1v) is 5.07. The second-order valence-electron chi connectivity index (χ2n) is 3.07. The molecule has 0 aliphatic heterocycles. The minimum atomic E-state index is -0.515. The molecule has 0 aliphatic rings. The van der Waals surface area contributed by atoms with E-state index >= 15 is 0 Å². The Balaban J connectivity index is 2.91. The number of benzene rings is 1. The first kappa shape index (κ1) is 11.7. The highest BCUT2D eigenvalue weighted by Crippen LogP contribution is 2.16. The van der Waals surface area contributed by atoms with E-state index in [1.54, 1.807) is 13.0 Å². The normalized spacial score (nSPS) is 11.3. The van der Waals surface area contributed by atoms with E-state index in [0.29, 0.717) is 5.56 Å². The minimum Gasteiger partial charge on any atom is -0.385 e. The number of rotatable bonds is 2. The van der Waals surface area contributed by atoms with E-state index in [4.69, 9.17) is 5.73 Å². The molecule has 0 amide bonds. The third kappa shape index (κ3) is 3.36. The van der Waals surface area contributed by atoms with Gasteiger partial charge in [-0.25, -0.2) is 4.79 Å². The van der Waals surface area contributed by atoms with Crippen molar-refractivity contribution in [3.05, 3.63) is 33.8 Å². The summed E-state index contributed by atoms with van der Waals surface area (Å²) in [5.41, 5.74) is 6.54. The maximum atomic E-state index is 11.5. The van der Waals surface area contributed by atoms with Crippen LogP contribution in [0, 0.1) is 6.92 Å². The Kier molecular flexibility index (Phi) is 3.85. The Morgan fingerprint density at radius 2 is 2.20 bits per heavy atom. The number of carbonyl (C=O) groups excluding carboxylic acids is 1. The Hall–Kier alpha value is -1.36. The zero-order valence-corrected chi connectivity index (χ0v) is 10.0. The Bertz CT molecular complexity index is 412. The van der Waals surface area contributed by atoms with E-state index in [1.165, 1.54) is 0 Å². The number of hydrogen-bond acceptors (Lipinski definition) is 3. The average Bonchev–Trinajstić information content (AvgIpc) is 2.18. The van der Waals surface area contributed by atoms with Crippen LogP contribution in [-0.4, -0.2) is 11.8 Å². The van der Waals surface area contributed by atoms with Gasteiger partial charge < -0.3 is 10.6 Å². The largest absolute Gasteiger partial charge is 0.385 e. The lowest BCUT2D eigenvalue weighted by Crippen LogP contribution is -2.10. The van der Waals surface area contributed by atoms with Gasteiger partial charge in [-0.15, -0.1) is 0 Å². The zero-order valence-electron chi connectivity index (χ0n) is 8.45. The van der Waals surface area contributed by atoms with Crippen molar-refractivity contribution in [2.24, 2.45) is 10.9 Å². The Morgan fingerprint density at radius 3 is 2.80 bits per heavy atom. The number of carbonyl (C=O) groups is 1. The highest BCUT2D eigenvalue weighted by Gasteiger charge is 2.10. The van der Waals surface area contributed by atoms with Gasteiger partial charge in [-0.3, -0.25) is 0 Å². The number of oxime groups is 1. The van der Waals surface area contributed by atoms with Crippen LogP contribution in [0.3, 0.4) is 0 Å². The van der Waals surface area contributed by atoms with Crippen LogP contribution < -0.4 is 5.73 Å². The quantitative estimate of drug-likeness (QED) is 0.388. The highest BCUT2D eigenvalue weighted by molar-refractivity contribution is 9.10. The van der Waals surface area contributed by atoms with Gasteiger partial charge in [0.25, 0.3) is 0 Å². The third-order valence-electron chi connectivity index (χ3n) is 1.69. The molecule has 0 radical (unpaired) electrons. The first-order valence-electron chi connectivity index (χ1n) is 4.28. The van der Waals surface area contributed by atoms with Crippen molar-refractivity contribution in [2.45, 2.75) is 13.8 Å². The van der Waals surface area contributed by atoms with Crippen molar-refractivity contribution in [3.8, 4) is 0 Å². The molecule has 0 aliphatic carbocycles. The standard InChI is InChI=1S/C10H11BrN2O2/c1-6-3-4-8(11)5-9(6)10(14)15-13-7(2)12/h3-5H,1-2H3,(H2,12,13). The second kappa shape index (κ2) is 4.93. The fourth-order valence-electron chi connectivity index (χ4n) is 0.977. The Morgan fingerprint density at radius 1 is 1.53 bits per heavy atom. The summed E-state index contributed by atoms with van der Waals surface area (Å²) in [6.45, 7) is 3.36. The summed E-state index contributed by atoms with van der Waals surface area (Å²) in [5, 5.41) is 3.40. The van der Waals surface area contributed by atoms with Crippen molar-refractivity contribution in [1.82, 2.24) is 0 Å². The van der Waals surface area contributed by atoms with Crippen LogP contribution in [0.2, 0.25) is 0 Å². The molecule has 15 heavy (non-hydrogen) atoms. The zero-order chi connectivity index (χ0) is 11.4. The molecule has 0 bridgehead atoms. The van der Waals surface area contributed by atoms with Crippen LogP contribution in [0.4, 0.5) is 0 Å². The van der Waals surface area contributed by atoms with Gasteiger partial charge in [0.1, 0.15) is 5.84 Å². The lowest BCUT2D eigenvalue weighted by molar-refractivity contribution is 0.0514. The highest BCUT2D eigenvalue weighted by atomic mass is 79.9. The molecule has 80 valence electrons. The fraction of sp³-hybridized carbons (Fsp3) is 0.200. The number of nitrogens with zero attached hydrogens (tertiary/aromatic N) is 1. The van der Waals surface area contributed by atoms with Gasteiger partial charge in [-0.1, -0.05) is 27.2 Å². The van der Waals surface area contributed by atoms with E-state index in [0.717, 1.165) is 10.0 Å². The van der Waals surface area contributed by atoms with Crippen molar-refractivity contribution >= 4 is 27.7 Å². The van der Waals surface area contributed by atoms with Crippen molar-refractivity contribution in [2.75, 3.05) is 0 Å². The van der Waals surface area contributed by atoms with Crippen LogP contribution in [0.1, 0.15) is 22.8 Å². The monoisotopic (exact) mass is 270 g/mol. The summed E-state index contributed by atoms with van der Waals surface area (Å²) in [4.78, 5) is 16.1. The van der Waals surface area contributed by atoms with Crippen LogP contribution in [-0.2, 0) is 4.84 Å². The fourth-order valence-corrected chi connectivity index (χ4v) is 1.34. The van der Waals surface area contributed by atoms with E-state index in [-0.39, 0.29) is 5.84 Å². The number of amidine groups is 1. The molecule has 1 aromatic carbocycles. The average molecular weight is 271 g/mol. The number of aryl methyl sites for hydroxylation is 1. The van der Waals surface area contributed by atoms with E-state index < -0.39 is 5.97 Å². The maximum absolute atomic E-state index is 11.5. The molecular formula is C10H11BrN2O2. The molecule has 0 aromatic heterocycles. The van der Waals surface area contributed by atoms with Gasteiger partial charge in [0.2, 0.25) is 0 Å². The van der Waals surface area contributed by atoms with E-state index in [2.05, 4.69) is 25.9 Å². The van der Waals surface area contributed by atoms with Gasteiger partial charge >= 0.3 is 5.97 Å². The number of nitrogens with two attached hydrogens (primary N) is 1. The Labute approximate surface area is 96.2 Å². The summed E-state index contributed by atoms with van der Waals surface area (Å²) in [5.74, 6) is -0.311. The molecule has 0 saturated carbocycles. The van der Waals surface area contributed by atoms with Crippen LogP contribution in [0.15, 0.2) is 27.8 Å². The molecule has 0 fully saturated rings. The molecule has 0 heterocycles. The molecule has 0 atom stereocenters. The van der Waals surface area contributed by atoms with Gasteiger partial charge in [0.05, 0.1) is 5.56 Å². The van der Waals surface area contributed by atoms with E-state index in [1.807, 2.05) is 19.1 Å². The van der Waals surface area contributed by atoms with Crippen molar-refractivity contribution in [3.63, 3.8) is 0 Å². The molecule has 1 rings (SSSR count). The summed E-state index contributed by atoms with van der Waals surface area (Å²) in [6.07, 6.45) is 0. The summed E-state index contributed by atoms with van der Waals surface area (Å²) < 4.78 is 0.813. The molecule has 4 nitrogen and oxygen atoms in total. The minimum absolute atomic E-state index is 0.205. The maximum Gasteiger partial charge on any atom is 0.366 e. The lowest BCUT2D eigenvalue weighted by atomic mass is 10.1. The van der Waals surface area contributed by atoms with Crippen molar-refractivity contribution in [1.29, 1.82) is 0 Å². The topological polar surface area (TPSA) is 64.7 Å². The van der Waals surface area contributed by atoms with Crippen LogP contribution >= 0.6 is 15.9 Å². The molecular weight excluding hydrogens is 260 g/mol. The predicted octanol–water partition coefficient (Wildman–Crippen LogP) is 2.21. The second-order valence-corrected chi connectivity index (χ2v) is 3.99. The summed E-state index contributed by atoms with van der Waals surface area (Å²) in [6, 6.07) is 5.35. The smallest absolute Gasteiger partial charge is 0.366 e. The lowest BCUT2D eigenvalue weighted by Gasteiger charge is -2.03. The molecule has 1 aromatic rings. The summed E-state index contributed by atoms with van der Waals surface area (Å²) >= 11 is 3.28. The first-order chi connectivity index (χ1) is 7.00. The third-order valence-corrected chi connectivity index (χ3v) is 2.19. The number of hydrogen-bond donors (Lipinski definition) is 1. The molecule has 0 spiro atoms. The van der Waals surface area contributed by atoms with E-state index in [9.17, 15) is 4.79 Å². The predicted molar refractivity (Wildman–Crippen MR) is 61.6 cm³/mol. The SMILES string of the molecule is C/C(N)=N/OC(=O)c1cc(Br)ccc1C. The molecule has 2 N–H and O–H groups in total. The van der Waals surface area contributed by atoms with Crippen molar-refractivity contribution < 1.29 is 9.63 Å². The van der Waals surface area contributed by atoms with Crippen LogP contribution in [0.25, 0.3) is 0 Å². The van der Waals surface area contributed by atoms with Gasteiger partial charge in [-0.2, -0.15) is 0 Å². The molecule has 5 heteroatoms. The molecule has 0 saturated heterocycles. The van der Waals surface area contributed by atoms with Gasteiger partial charge in [0, 0.05) is 4.47 Å². The van der Waals surface area contributed by atoms with Crippen LogP contribution in [0.5, 0.6) is 0 Å². The summed E-state index contributed by atoms with van der Waals surface area (Å²) in [7, 11) is 0. The molecule has 0 unspecified atom stereocenters.